The van der Waals surface area contributed by atoms with Crippen LogP contribution in [0.4, 0.5) is 13.2 Å². The van der Waals surface area contributed by atoms with Crippen LogP contribution in [-0.4, -0.2) is 7.11 Å². The van der Waals surface area contributed by atoms with Crippen molar-refractivity contribution in [2.75, 3.05) is 7.11 Å². The summed E-state index contributed by atoms with van der Waals surface area (Å²) in [6, 6.07) is 19.7. The molecule has 158 valence electrons. The molecule has 0 saturated heterocycles. The molecule has 0 fully saturated rings. The van der Waals surface area contributed by atoms with Crippen LogP contribution in [0, 0.1) is 17.5 Å². The van der Waals surface area contributed by atoms with Crippen LogP contribution in [0.5, 0.6) is 0 Å². The van der Waals surface area contributed by atoms with Gasteiger partial charge in [-0.1, -0.05) is 60.1 Å². The van der Waals surface area contributed by atoms with Crippen molar-refractivity contribution in [1.29, 1.82) is 0 Å². The number of hydrogen-bond acceptors (Lipinski definition) is 1. The Kier molecular flexibility index (Phi) is 6.30. The van der Waals surface area contributed by atoms with Crippen molar-refractivity contribution in [2.45, 2.75) is 19.4 Å². The predicted octanol–water partition coefficient (Wildman–Crippen LogP) is 7.51. The van der Waals surface area contributed by atoms with E-state index in [1.165, 1.54) is 12.1 Å². The topological polar surface area (TPSA) is 9.23 Å². The van der Waals surface area contributed by atoms with E-state index in [1.807, 2.05) is 42.5 Å². The summed E-state index contributed by atoms with van der Waals surface area (Å²) in [6.45, 7) is 0.557. The lowest BCUT2D eigenvalue weighted by atomic mass is 9.97. The number of methoxy groups -OCH3 is 1. The van der Waals surface area contributed by atoms with Crippen LogP contribution in [0.25, 0.3) is 21.9 Å². The van der Waals surface area contributed by atoms with E-state index in [1.54, 1.807) is 19.2 Å². The van der Waals surface area contributed by atoms with Gasteiger partial charge in [0.1, 0.15) is 22.5 Å². The summed E-state index contributed by atoms with van der Waals surface area (Å²) >= 11 is 5.52. The number of fused-ring (bicyclic) bond motifs is 1. The lowest BCUT2D eigenvalue weighted by molar-refractivity contribution is 0.185. The molecule has 4 rings (SSSR count). The van der Waals surface area contributed by atoms with Gasteiger partial charge in [-0.05, 0) is 64.2 Å². The molecule has 0 N–H and O–H groups in total. The molecule has 0 amide bonds. The highest BCUT2D eigenvalue weighted by atomic mass is 35.5. The van der Waals surface area contributed by atoms with Gasteiger partial charge in [0, 0.05) is 12.5 Å². The Morgan fingerprint density at radius 3 is 2.10 bits per heavy atom. The summed E-state index contributed by atoms with van der Waals surface area (Å²) in [7, 11) is 1.66. The Hall–Kier alpha value is -2.82. The number of benzene rings is 4. The first-order chi connectivity index (χ1) is 15.0. The second-order valence-electron chi connectivity index (χ2n) is 7.48. The first-order valence-corrected chi connectivity index (χ1v) is 10.3. The van der Waals surface area contributed by atoms with Crippen molar-refractivity contribution in [3.05, 3.63) is 106 Å². The van der Waals surface area contributed by atoms with Crippen LogP contribution in [0.3, 0.4) is 0 Å². The van der Waals surface area contributed by atoms with Crippen LogP contribution in [0.2, 0.25) is 5.02 Å². The minimum Gasteiger partial charge on any atom is -0.380 e. The maximum atomic E-state index is 15.1. The Morgan fingerprint density at radius 2 is 1.42 bits per heavy atom. The van der Waals surface area contributed by atoms with Crippen molar-refractivity contribution < 1.29 is 17.9 Å². The van der Waals surface area contributed by atoms with Crippen molar-refractivity contribution >= 4 is 22.4 Å². The molecule has 0 aliphatic heterocycles. The van der Waals surface area contributed by atoms with E-state index in [0.717, 1.165) is 22.1 Å². The molecule has 5 heteroatoms. The van der Waals surface area contributed by atoms with E-state index in [9.17, 15) is 8.78 Å². The molecule has 4 aromatic carbocycles. The van der Waals surface area contributed by atoms with Crippen molar-refractivity contribution in [3.63, 3.8) is 0 Å². The molecule has 0 heterocycles. The van der Waals surface area contributed by atoms with Crippen LogP contribution in [-0.2, 0) is 24.2 Å². The minimum atomic E-state index is -0.807. The van der Waals surface area contributed by atoms with Gasteiger partial charge in [0.15, 0.2) is 0 Å². The molecule has 1 nitrogen and oxygen atoms in total. The Morgan fingerprint density at radius 1 is 0.742 bits per heavy atom. The second kappa shape index (κ2) is 9.13. The molecule has 31 heavy (non-hydrogen) atoms. The van der Waals surface area contributed by atoms with Crippen LogP contribution >= 0.6 is 11.6 Å². The molecule has 0 atom stereocenters. The number of aryl methyl sites for hydroxylation is 2. The van der Waals surface area contributed by atoms with E-state index in [0.29, 0.717) is 36.0 Å². The van der Waals surface area contributed by atoms with Gasteiger partial charge in [-0.3, -0.25) is 0 Å². The fourth-order valence-electron chi connectivity index (χ4n) is 3.70. The number of rotatable bonds is 6. The normalized spacial score (nSPS) is 11.3. The molecule has 0 unspecified atom stereocenters. The Bertz CT molecular complexity index is 1210. The molecule has 0 radical (unpaired) electrons. The summed E-state index contributed by atoms with van der Waals surface area (Å²) in [5.74, 6) is -1.92. The second-order valence-corrected chi connectivity index (χ2v) is 7.86. The average Bonchev–Trinajstić information content (AvgIpc) is 2.77. The largest absolute Gasteiger partial charge is 0.380 e. The quantitative estimate of drug-likeness (QED) is 0.282. The standard InChI is InChI=1S/C26H20ClF3O/c1-31-15-16-2-5-18(6-3-16)20-10-11-22-21(14-20)9-8-19(26(22)30)7-4-17-12-23(28)25(27)24(29)13-17/h2-3,5-6,8-14H,4,7,15H2,1H3. The number of hydrogen-bond donors (Lipinski definition) is 0. The first kappa shape index (κ1) is 21.4. The third-order valence-electron chi connectivity index (χ3n) is 5.36. The van der Waals surface area contributed by atoms with Crippen molar-refractivity contribution in [2.24, 2.45) is 0 Å². The van der Waals surface area contributed by atoms with Gasteiger partial charge in [-0.25, -0.2) is 13.2 Å². The van der Waals surface area contributed by atoms with Gasteiger partial charge in [0.25, 0.3) is 0 Å². The van der Waals surface area contributed by atoms with Crippen LogP contribution in [0.1, 0.15) is 16.7 Å². The van der Waals surface area contributed by atoms with Gasteiger partial charge in [-0.2, -0.15) is 0 Å². The SMILES string of the molecule is COCc1ccc(-c2ccc3c(F)c(CCc4cc(F)c(Cl)c(F)c4)ccc3c2)cc1. The van der Waals surface area contributed by atoms with Crippen molar-refractivity contribution in [3.8, 4) is 11.1 Å². The van der Waals surface area contributed by atoms with E-state index < -0.39 is 16.7 Å². The van der Waals surface area contributed by atoms with Gasteiger partial charge in [-0.15, -0.1) is 0 Å². The minimum absolute atomic E-state index is 0.305. The monoisotopic (exact) mass is 440 g/mol. The molecule has 0 aliphatic rings. The molecular formula is C26H20ClF3O. The highest BCUT2D eigenvalue weighted by molar-refractivity contribution is 6.30. The van der Waals surface area contributed by atoms with Gasteiger partial charge < -0.3 is 4.74 Å². The summed E-state index contributed by atoms with van der Waals surface area (Å²) in [5, 5.41) is 0.791. The molecule has 0 aliphatic carbocycles. The molecule has 0 bridgehead atoms. The highest BCUT2D eigenvalue weighted by Gasteiger charge is 2.12. The summed E-state index contributed by atoms with van der Waals surface area (Å²) < 4.78 is 47.5. The zero-order valence-electron chi connectivity index (χ0n) is 16.9. The van der Waals surface area contributed by atoms with Gasteiger partial charge >= 0.3 is 0 Å². The molecule has 0 saturated carbocycles. The summed E-state index contributed by atoms with van der Waals surface area (Å²) in [6.07, 6.45) is 0.629. The van der Waals surface area contributed by atoms with Crippen LogP contribution in [0.15, 0.2) is 66.7 Å². The third-order valence-corrected chi connectivity index (χ3v) is 5.72. The van der Waals surface area contributed by atoms with Gasteiger partial charge in [0.2, 0.25) is 0 Å². The molecule has 4 aromatic rings. The smallest absolute Gasteiger partial charge is 0.145 e. The van der Waals surface area contributed by atoms with E-state index in [2.05, 4.69) is 0 Å². The zero-order chi connectivity index (χ0) is 22.0. The highest BCUT2D eigenvalue weighted by Crippen LogP contribution is 2.29. The lowest BCUT2D eigenvalue weighted by Gasteiger charge is -2.10. The maximum Gasteiger partial charge on any atom is 0.145 e. The fourth-order valence-corrected chi connectivity index (χ4v) is 3.81. The van der Waals surface area contributed by atoms with E-state index in [4.69, 9.17) is 16.3 Å². The molecule has 0 aromatic heterocycles. The van der Waals surface area contributed by atoms with E-state index in [-0.39, 0.29) is 5.82 Å². The Labute approximate surface area is 184 Å². The van der Waals surface area contributed by atoms with Gasteiger partial charge in [0.05, 0.1) is 6.61 Å². The number of ether oxygens (including phenoxy) is 1. The predicted molar refractivity (Wildman–Crippen MR) is 119 cm³/mol. The first-order valence-electron chi connectivity index (χ1n) is 9.89. The third kappa shape index (κ3) is 4.60. The summed E-state index contributed by atoms with van der Waals surface area (Å²) in [5.41, 5.74) is 4.06. The average molecular weight is 441 g/mol. The zero-order valence-corrected chi connectivity index (χ0v) is 17.6. The molecule has 0 spiro atoms. The lowest BCUT2D eigenvalue weighted by Crippen LogP contribution is -1.98. The fraction of sp³-hybridized carbons (Fsp3) is 0.154. The van der Waals surface area contributed by atoms with E-state index >= 15 is 4.39 Å². The van der Waals surface area contributed by atoms with Crippen LogP contribution < -0.4 is 0 Å². The van der Waals surface area contributed by atoms with Crippen molar-refractivity contribution in [1.82, 2.24) is 0 Å². The Balaban J connectivity index is 1.57. The maximum absolute atomic E-state index is 15.1. The molecular weight excluding hydrogens is 421 g/mol. The summed E-state index contributed by atoms with van der Waals surface area (Å²) in [4.78, 5) is 0. The number of halogens is 4.